The molecular weight excluding hydrogens is 1160 g/mol. The van der Waals surface area contributed by atoms with E-state index in [0.29, 0.717) is 30.4 Å². The lowest BCUT2D eigenvalue weighted by Gasteiger charge is -2.33. The van der Waals surface area contributed by atoms with Gasteiger partial charge in [-0.2, -0.15) is 0 Å². The predicted molar refractivity (Wildman–Crippen MR) is 328 cm³/mol. The number of benzene rings is 2. The first-order chi connectivity index (χ1) is 41.9. The van der Waals surface area contributed by atoms with Gasteiger partial charge >= 0.3 is 5.97 Å². The van der Waals surface area contributed by atoms with E-state index in [-0.39, 0.29) is 81.4 Å². The summed E-state index contributed by atoms with van der Waals surface area (Å²) in [6, 6.07) is -1.73. The lowest BCUT2D eigenvalue weighted by Crippen LogP contribution is -2.62. The van der Waals surface area contributed by atoms with Gasteiger partial charge in [-0.05, 0) is 104 Å². The van der Waals surface area contributed by atoms with Crippen molar-refractivity contribution >= 4 is 71.0 Å². The normalized spacial score (nSPS) is 16.7. The lowest BCUT2D eigenvalue weighted by molar-refractivity contribution is -0.143. The first kappa shape index (κ1) is 74.7. The number of nitrogens with zero attached hydrogens (tertiary/aromatic N) is 2. The standard InChI is InChI=1S/C60H94N14O15/c1-9-33(7)48(72-55(84)45-14-12-26-74(45)58(87)49(34(8)10-2)73-50(79)39(61)28-35-15-19-37(76)20-16-35)57(86)66-40(23-24-46(62)78)51(80)68-43(29-36-17-21-38(77)22-18-36)53(82)71-47(32(5)6)56(85)69-42(27-31(3)4)52(81)70-44(30-75)54(83)67-41(59(88)89)13-11-25-65-60(63)64/h15-22,31-34,39-45,47-49,75-77H,9-14,23-30,61H2,1-8H3,(H2,62,78)(H,66,86)(H,67,83)(H,68,80)(H,69,85)(H,70,81)(H,71,82)(H,72,84)(H,73,79)(H,88,89)(H4,63,64,65)/t33-,34-,39-,40-,41-,42-,43-,44-,45-,47-,48-,49-/m0/s1. The molecule has 0 radical (unpaired) electrons. The van der Waals surface area contributed by atoms with E-state index in [4.69, 9.17) is 22.9 Å². The maximum absolute atomic E-state index is 14.6. The summed E-state index contributed by atoms with van der Waals surface area (Å²) in [4.78, 5) is 157. The number of aliphatic hydroxyl groups is 1. The molecule has 1 fully saturated rings. The van der Waals surface area contributed by atoms with E-state index in [1.54, 1.807) is 60.6 Å². The monoisotopic (exact) mass is 1250 g/mol. The number of likely N-dealkylation sites (tertiary alicyclic amines) is 1. The Labute approximate surface area is 518 Å². The number of primary amides is 1. The molecule has 0 saturated carbocycles. The van der Waals surface area contributed by atoms with Gasteiger partial charge in [-0.15, -0.1) is 0 Å². The first-order valence-corrected chi connectivity index (χ1v) is 30.1. The highest BCUT2D eigenvalue weighted by molar-refractivity contribution is 5.99. The Morgan fingerprint density at radius 3 is 1.60 bits per heavy atom. The van der Waals surface area contributed by atoms with E-state index >= 15 is 0 Å². The molecule has 89 heavy (non-hydrogen) atoms. The van der Waals surface area contributed by atoms with Crippen LogP contribution in [0.4, 0.5) is 0 Å². The Morgan fingerprint density at radius 2 is 1.07 bits per heavy atom. The molecule has 2 aromatic rings. The van der Waals surface area contributed by atoms with Crippen molar-refractivity contribution in [3.05, 3.63) is 59.7 Å². The molecule has 1 heterocycles. The SMILES string of the molecule is CC[C@H](C)[C@H](NC(=O)[C@@H]1CCCN1C(=O)[C@@H](NC(=O)[C@@H](N)Cc1ccc(O)cc1)[C@@H](C)CC)C(=O)N[C@@H](CCC(N)=O)C(=O)N[C@@H](Cc1ccc(O)cc1)C(=O)N[C@H](C(=O)N[C@@H](CC(C)C)C(=O)N[C@@H](CO)C(=O)N[C@@H](CCCN=C(N)N)C(=O)O)C(C)C. The number of rotatable bonds is 37. The van der Waals surface area contributed by atoms with E-state index in [1.807, 2.05) is 6.92 Å². The molecule has 0 unspecified atom stereocenters. The van der Waals surface area contributed by atoms with Crippen LogP contribution < -0.4 is 65.5 Å². The Hall–Kier alpha value is -8.60. The number of nitrogens with two attached hydrogens (primary N) is 4. The number of aliphatic imine (C=N–C) groups is 1. The first-order valence-electron chi connectivity index (χ1n) is 30.1. The maximum atomic E-state index is 14.6. The number of carbonyl (C=O) groups is 11. The smallest absolute Gasteiger partial charge is 0.326 e. The molecule has 3 rings (SSSR count). The molecule has 20 N–H and O–H groups in total. The van der Waals surface area contributed by atoms with E-state index in [9.17, 15) is 73.2 Å². The molecule has 29 nitrogen and oxygen atoms in total. The van der Waals surface area contributed by atoms with E-state index < -0.39 is 156 Å². The van der Waals surface area contributed by atoms with Crippen LogP contribution in [0.2, 0.25) is 0 Å². The number of aromatic hydroxyl groups is 2. The summed E-state index contributed by atoms with van der Waals surface area (Å²) >= 11 is 0. The fourth-order valence-corrected chi connectivity index (χ4v) is 9.77. The third-order valence-electron chi connectivity index (χ3n) is 15.4. The highest BCUT2D eigenvalue weighted by Gasteiger charge is 2.42. The molecule has 10 amide bonds. The van der Waals surface area contributed by atoms with Crippen LogP contribution in [-0.2, 0) is 65.6 Å². The summed E-state index contributed by atoms with van der Waals surface area (Å²) in [5, 5.41) is 60.4. The van der Waals surface area contributed by atoms with Gasteiger partial charge in [-0.3, -0.25) is 52.9 Å². The van der Waals surface area contributed by atoms with E-state index in [2.05, 4.69) is 47.5 Å². The van der Waals surface area contributed by atoms with Crippen LogP contribution in [0.5, 0.6) is 11.5 Å². The van der Waals surface area contributed by atoms with Gasteiger partial charge in [0.15, 0.2) is 5.96 Å². The topological polar surface area (TPSA) is 485 Å². The van der Waals surface area contributed by atoms with E-state index in [1.165, 1.54) is 41.3 Å². The van der Waals surface area contributed by atoms with Crippen molar-refractivity contribution in [2.75, 3.05) is 19.7 Å². The molecule has 0 aromatic heterocycles. The number of carbonyl (C=O) groups excluding carboxylic acids is 10. The third kappa shape index (κ3) is 24.5. The summed E-state index contributed by atoms with van der Waals surface area (Å²) in [5.74, 6) is -11.9. The number of aliphatic hydroxyl groups excluding tert-OH is 1. The van der Waals surface area contributed by atoms with Gasteiger partial charge < -0.3 is 90.8 Å². The molecule has 494 valence electrons. The van der Waals surface area contributed by atoms with Crippen molar-refractivity contribution in [1.82, 2.24) is 47.4 Å². The zero-order valence-corrected chi connectivity index (χ0v) is 52.1. The third-order valence-corrected chi connectivity index (χ3v) is 15.4. The second-order valence-corrected chi connectivity index (χ2v) is 23.4. The second-order valence-electron chi connectivity index (χ2n) is 23.4. The molecule has 0 bridgehead atoms. The van der Waals surface area contributed by atoms with Crippen LogP contribution >= 0.6 is 0 Å². The number of carboxylic acids is 1. The fraction of sp³-hybridized carbons (Fsp3) is 0.600. The summed E-state index contributed by atoms with van der Waals surface area (Å²) in [6.07, 6.45) is 0.495. The van der Waals surface area contributed by atoms with Crippen LogP contribution in [0.3, 0.4) is 0 Å². The zero-order valence-electron chi connectivity index (χ0n) is 52.1. The van der Waals surface area contributed by atoms with Crippen molar-refractivity contribution in [2.24, 2.45) is 51.6 Å². The number of hydrogen-bond acceptors (Lipinski definition) is 16. The molecule has 29 heteroatoms. The van der Waals surface area contributed by atoms with Crippen LogP contribution in [0.15, 0.2) is 53.5 Å². The van der Waals surface area contributed by atoms with Gasteiger partial charge in [0, 0.05) is 25.9 Å². The highest BCUT2D eigenvalue weighted by Crippen LogP contribution is 2.23. The molecule has 0 spiro atoms. The minimum Gasteiger partial charge on any atom is -0.508 e. The summed E-state index contributed by atoms with van der Waals surface area (Å²) in [5.41, 5.74) is 23.6. The Morgan fingerprint density at radius 1 is 0.584 bits per heavy atom. The zero-order chi connectivity index (χ0) is 66.8. The number of guanidine groups is 1. The highest BCUT2D eigenvalue weighted by atomic mass is 16.4. The van der Waals surface area contributed by atoms with Gasteiger partial charge in [0.05, 0.1) is 12.6 Å². The van der Waals surface area contributed by atoms with Crippen LogP contribution in [0, 0.1) is 23.7 Å². The van der Waals surface area contributed by atoms with Gasteiger partial charge in [0.1, 0.15) is 65.9 Å². The molecule has 2 aromatic carbocycles. The number of nitrogens with one attached hydrogen (secondary N) is 8. The van der Waals surface area contributed by atoms with Crippen LogP contribution in [-0.4, -0.2) is 176 Å². The second kappa shape index (κ2) is 36.6. The number of aliphatic carboxylic acids is 1. The number of hydrogen-bond donors (Lipinski definition) is 16. The summed E-state index contributed by atoms with van der Waals surface area (Å²) < 4.78 is 0. The maximum Gasteiger partial charge on any atom is 0.326 e. The molecule has 0 aliphatic carbocycles. The van der Waals surface area contributed by atoms with Crippen molar-refractivity contribution in [3.8, 4) is 11.5 Å². The number of phenols is 2. The van der Waals surface area contributed by atoms with Gasteiger partial charge in [-0.1, -0.05) is 92.5 Å². The Bertz CT molecular complexity index is 2760. The Kier molecular flexibility index (Phi) is 30.7. The average Bonchev–Trinajstić information content (AvgIpc) is 2.58. The quantitative estimate of drug-likeness (QED) is 0.0203. The minimum absolute atomic E-state index is 0.0161. The lowest BCUT2D eigenvalue weighted by atomic mass is 9.95. The van der Waals surface area contributed by atoms with Gasteiger partial charge in [-0.25, -0.2) is 4.79 Å². The van der Waals surface area contributed by atoms with Crippen molar-refractivity contribution in [3.63, 3.8) is 0 Å². The number of amides is 10. The minimum atomic E-state index is -1.66. The van der Waals surface area contributed by atoms with Crippen LogP contribution in [0.25, 0.3) is 0 Å². The van der Waals surface area contributed by atoms with Crippen molar-refractivity contribution < 1.29 is 73.2 Å². The molecule has 1 aliphatic rings. The fourth-order valence-electron chi connectivity index (χ4n) is 9.77. The predicted octanol–water partition coefficient (Wildman–Crippen LogP) is -1.73. The molecule has 12 atom stereocenters. The van der Waals surface area contributed by atoms with Crippen LogP contribution in [0.1, 0.15) is 124 Å². The summed E-state index contributed by atoms with van der Waals surface area (Å²) in [6.45, 7) is 13.0. The van der Waals surface area contributed by atoms with Gasteiger partial charge in [0.2, 0.25) is 59.1 Å². The average molecular weight is 1250 g/mol. The van der Waals surface area contributed by atoms with E-state index in [0.717, 1.165) is 0 Å². The van der Waals surface area contributed by atoms with Crippen molar-refractivity contribution in [1.29, 1.82) is 0 Å². The van der Waals surface area contributed by atoms with Gasteiger partial charge in [0.25, 0.3) is 0 Å². The molecule has 1 saturated heterocycles. The summed E-state index contributed by atoms with van der Waals surface area (Å²) in [7, 11) is 0. The molecule has 1 aliphatic heterocycles. The Balaban J connectivity index is 1.89. The number of carboxylic acid groups (broad SMARTS) is 1. The van der Waals surface area contributed by atoms with Crippen molar-refractivity contribution in [2.45, 2.75) is 186 Å². The largest absolute Gasteiger partial charge is 0.508 e. The number of phenolic OH excluding ortho intramolecular Hbond substituents is 2. The molecular formula is C60H94N14O15.